The van der Waals surface area contributed by atoms with E-state index in [4.69, 9.17) is 0 Å². The largest absolute Gasteiger partial charge is 0.379 e. The molecule has 0 radical (unpaired) electrons. The lowest BCUT2D eigenvalue weighted by Gasteiger charge is -2.20. The highest BCUT2D eigenvalue weighted by molar-refractivity contribution is 5.32. The Morgan fingerprint density at radius 2 is 2.43 bits per heavy atom. The van der Waals surface area contributed by atoms with Crippen molar-refractivity contribution in [1.82, 2.24) is 5.32 Å². The summed E-state index contributed by atoms with van der Waals surface area (Å²) in [6, 6.07) is 0.221. The molecule has 0 aliphatic heterocycles. The number of hydrogen-bond donors (Lipinski definition) is 1. The van der Waals surface area contributed by atoms with Gasteiger partial charge in [0.05, 0.1) is 6.04 Å². The van der Waals surface area contributed by atoms with E-state index in [1.807, 2.05) is 6.08 Å². The Morgan fingerprint density at radius 3 is 2.93 bits per heavy atom. The van der Waals surface area contributed by atoms with Crippen molar-refractivity contribution in [1.29, 1.82) is 0 Å². The third kappa shape index (κ3) is 2.91. The highest BCUT2D eigenvalue weighted by atomic mass is 14.9. The molecule has 1 N–H and O–H groups in total. The Bertz CT molecular complexity index is 271. The normalized spacial score (nSPS) is 17.1. The maximum absolute atomic E-state index is 3.95. The zero-order chi connectivity index (χ0) is 10.4. The Hall–Kier alpha value is -1.24. The predicted octanol–water partition coefficient (Wildman–Crippen LogP) is 3.33. The van der Waals surface area contributed by atoms with Crippen LogP contribution in [0.4, 0.5) is 0 Å². The summed E-state index contributed by atoms with van der Waals surface area (Å²) in [6.07, 6.45) is 11.8. The molecule has 1 aliphatic carbocycles. The number of rotatable bonds is 5. The maximum atomic E-state index is 3.95. The van der Waals surface area contributed by atoms with Gasteiger partial charge in [0.1, 0.15) is 0 Å². The molecule has 14 heavy (non-hydrogen) atoms. The van der Waals surface area contributed by atoms with Gasteiger partial charge in [-0.3, -0.25) is 0 Å². The number of nitrogens with one attached hydrogen (secondary N) is 1. The first kappa shape index (κ1) is 10.8. The monoisotopic (exact) mass is 189 g/mol. The SMILES string of the molecule is C=CC(NC(=C)CC)C1=CCCC=C1. The van der Waals surface area contributed by atoms with Gasteiger partial charge >= 0.3 is 0 Å². The fourth-order valence-corrected chi connectivity index (χ4v) is 1.46. The van der Waals surface area contributed by atoms with Crippen LogP contribution in [0.3, 0.4) is 0 Å². The molecular formula is C13H19N. The van der Waals surface area contributed by atoms with Crippen LogP contribution in [-0.4, -0.2) is 6.04 Å². The molecule has 0 aromatic rings. The van der Waals surface area contributed by atoms with E-state index >= 15 is 0 Å². The van der Waals surface area contributed by atoms with Crippen LogP contribution < -0.4 is 5.32 Å². The van der Waals surface area contributed by atoms with Crippen LogP contribution in [0.15, 0.2) is 48.7 Å². The third-order valence-corrected chi connectivity index (χ3v) is 2.40. The molecular weight excluding hydrogens is 170 g/mol. The maximum Gasteiger partial charge on any atom is 0.0689 e. The summed E-state index contributed by atoms with van der Waals surface area (Å²) >= 11 is 0. The van der Waals surface area contributed by atoms with Gasteiger partial charge in [-0.2, -0.15) is 0 Å². The molecule has 1 aliphatic rings. The van der Waals surface area contributed by atoms with Crippen LogP contribution in [0, 0.1) is 0 Å². The minimum Gasteiger partial charge on any atom is -0.379 e. The van der Waals surface area contributed by atoms with E-state index < -0.39 is 0 Å². The molecule has 0 spiro atoms. The molecule has 1 nitrogen and oxygen atoms in total. The molecule has 1 heteroatoms. The van der Waals surface area contributed by atoms with Gasteiger partial charge in [0, 0.05) is 5.70 Å². The van der Waals surface area contributed by atoms with Gasteiger partial charge in [-0.25, -0.2) is 0 Å². The Kier molecular flexibility index (Phi) is 4.24. The summed E-state index contributed by atoms with van der Waals surface area (Å²) in [5.74, 6) is 0. The molecule has 0 fully saturated rings. The fraction of sp³-hybridized carbons (Fsp3) is 0.385. The van der Waals surface area contributed by atoms with Gasteiger partial charge in [-0.1, -0.05) is 37.8 Å². The van der Waals surface area contributed by atoms with Crippen LogP contribution >= 0.6 is 0 Å². The first-order chi connectivity index (χ1) is 6.77. The highest BCUT2D eigenvalue weighted by Crippen LogP contribution is 2.15. The highest BCUT2D eigenvalue weighted by Gasteiger charge is 2.08. The van der Waals surface area contributed by atoms with Crippen molar-refractivity contribution >= 4 is 0 Å². The fourth-order valence-electron chi connectivity index (χ4n) is 1.46. The van der Waals surface area contributed by atoms with Gasteiger partial charge in [0.15, 0.2) is 0 Å². The van der Waals surface area contributed by atoms with Crippen molar-refractivity contribution < 1.29 is 0 Å². The van der Waals surface area contributed by atoms with Gasteiger partial charge < -0.3 is 5.32 Å². The van der Waals surface area contributed by atoms with Gasteiger partial charge in [0.2, 0.25) is 0 Å². The van der Waals surface area contributed by atoms with Crippen LogP contribution in [0.25, 0.3) is 0 Å². The Labute approximate surface area is 86.9 Å². The first-order valence-corrected chi connectivity index (χ1v) is 5.21. The number of hydrogen-bond acceptors (Lipinski definition) is 1. The summed E-state index contributed by atoms with van der Waals surface area (Å²) in [5, 5.41) is 3.35. The molecule has 1 unspecified atom stereocenters. The molecule has 0 aromatic heterocycles. The average molecular weight is 189 g/mol. The van der Waals surface area contributed by atoms with E-state index in [0.29, 0.717) is 0 Å². The molecule has 0 saturated carbocycles. The third-order valence-electron chi connectivity index (χ3n) is 2.40. The van der Waals surface area contributed by atoms with Crippen molar-refractivity contribution in [2.45, 2.75) is 32.2 Å². The van der Waals surface area contributed by atoms with Crippen LogP contribution in [0.5, 0.6) is 0 Å². The van der Waals surface area contributed by atoms with Crippen molar-refractivity contribution in [2.75, 3.05) is 0 Å². The summed E-state index contributed by atoms with van der Waals surface area (Å²) in [7, 11) is 0. The molecule has 0 bridgehead atoms. The molecule has 1 rings (SSSR count). The first-order valence-electron chi connectivity index (χ1n) is 5.21. The van der Waals surface area contributed by atoms with Crippen LogP contribution in [-0.2, 0) is 0 Å². The van der Waals surface area contributed by atoms with Gasteiger partial charge in [0.25, 0.3) is 0 Å². The molecule has 1 atom stereocenters. The molecule has 0 amide bonds. The molecule has 0 saturated heterocycles. The second-order valence-electron chi connectivity index (χ2n) is 3.50. The van der Waals surface area contributed by atoms with Gasteiger partial charge in [-0.15, -0.1) is 6.58 Å². The summed E-state index contributed by atoms with van der Waals surface area (Å²) in [6.45, 7) is 9.89. The lowest BCUT2D eigenvalue weighted by Crippen LogP contribution is -2.27. The van der Waals surface area contributed by atoms with Crippen molar-refractivity contribution in [3.63, 3.8) is 0 Å². The smallest absolute Gasteiger partial charge is 0.0689 e. The molecule has 0 heterocycles. The summed E-state index contributed by atoms with van der Waals surface area (Å²) in [4.78, 5) is 0. The quantitative estimate of drug-likeness (QED) is 0.654. The predicted molar refractivity (Wildman–Crippen MR) is 63.0 cm³/mol. The molecule has 76 valence electrons. The summed E-state index contributed by atoms with van der Waals surface area (Å²) < 4.78 is 0. The second-order valence-corrected chi connectivity index (χ2v) is 3.50. The topological polar surface area (TPSA) is 12.0 Å². The van der Waals surface area contributed by atoms with Crippen LogP contribution in [0.2, 0.25) is 0 Å². The minimum absolute atomic E-state index is 0.221. The van der Waals surface area contributed by atoms with E-state index in [-0.39, 0.29) is 6.04 Å². The average Bonchev–Trinajstić information content (AvgIpc) is 2.26. The number of allylic oxidation sites excluding steroid dienone is 3. The Morgan fingerprint density at radius 1 is 1.64 bits per heavy atom. The lowest BCUT2D eigenvalue weighted by molar-refractivity contribution is 0.730. The zero-order valence-corrected chi connectivity index (χ0v) is 8.92. The van der Waals surface area contributed by atoms with Gasteiger partial charge in [-0.05, 0) is 24.8 Å². The molecule has 0 aromatic carbocycles. The van der Waals surface area contributed by atoms with Crippen molar-refractivity contribution in [2.24, 2.45) is 0 Å². The van der Waals surface area contributed by atoms with Crippen molar-refractivity contribution in [3.8, 4) is 0 Å². The summed E-state index contributed by atoms with van der Waals surface area (Å²) in [5.41, 5.74) is 2.37. The van der Waals surface area contributed by atoms with E-state index in [2.05, 4.69) is 43.6 Å². The lowest BCUT2D eigenvalue weighted by atomic mass is 10.00. The Balaban J connectivity index is 2.61. The van der Waals surface area contributed by atoms with E-state index in [1.165, 1.54) is 5.57 Å². The minimum atomic E-state index is 0.221. The van der Waals surface area contributed by atoms with Crippen molar-refractivity contribution in [3.05, 3.63) is 48.7 Å². The van der Waals surface area contributed by atoms with E-state index in [0.717, 1.165) is 25.0 Å². The zero-order valence-electron chi connectivity index (χ0n) is 8.92. The standard InChI is InChI=1S/C13H19N/c1-4-11(3)14-13(5-2)12-9-7-6-8-10-12/h5,7,9-10,13-14H,2-4,6,8H2,1H3. The second kappa shape index (κ2) is 5.48. The van der Waals surface area contributed by atoms with Crippen LogP contribution in [0.1, 0.15) is 26.2 Å². The van der Waals surface area contributed by atoms with E-state index in [9.17, 15) is 0 Å². The van der Waals surface area contributed by atoms with E-state index in [1.54, 1.807) is 0 Å².